The number of nitro benzene ring substituents is 1. The molecule has 4 aromatic rings. The molecule has 162 valence electrons. The average molecular weight is 436 g/mol. The van der Waals surface area contributed by atoms with Gasteiger partial charge in [-0.2, -0.15) is 10.2 Å². The van der Waals surface area contributed by atoms with E-state index in [-0.39, 0.29) is 29.7 Å². The second kappa shape index (κ2) is 9.08. The molecule has 2 aromatic heterocycles. The Morgan fingerprint density at radius 2 is 1.78 bits per heavy atom. The van der Waals surface area contributed by atoms with E-state index in [0.29, 0.717) is 12.4 Å². The molecular formula is C21H17FN6O4. The Balaban J connectivity index is 1.35. The number of halogens is 1. The third kappa shape index (κ3) is 4.95. The van der Waals surface area contributed by atoms with Gasteiger partial charge in [0.05, 0.1) is 11.5 Å². The molecule has 0 fully saturated rings. The van der Waals surface area contributed by atoms with Crippen LogP contribution in [0.25, 0.3) is 0 Å². The Kier molecular flexibility index (Phi) is 5.88. The molecule has 0 unspecified atom stereocenters. The van der Waals surface area contributed by atoms with E-state index in [1.807, 2.05) is 0 Å². The summed E-state index contributed by atoms with van der Waals surface area (Å²) in [5.74, 6) is -0.344. The van der Waals surface area contributed by atoms with Crippen LogP contribution in [0.1, 0.15) is 16.1 Å². The summed E-state index contributed by atoms with van der Waals surface area (Å²) in [6.07, 6.45) is 3.22. The van der Waals surface area contributed by atoms with Crippen molar-refractivity contribution in [3.63, 3.8) is 0 Å². The van der Waals surface area contributed by atoms with Crippen LogP contribution < -0.4 is 10.1 Å². The highest BCUT2D eigenvalue weighted by atomic mass is 19.1. The number of anilines is 1. The molecule has 4 rings (SSSR count). The first-order valence-corrected chi connectivity index (χ1v) is 9.47. The van der Waals surface area contributed by atoms with Gasteiger partial charge in [-0.1, -0.05) is 24.3 Å². The summed E-state index contributed by atoms with van der Waals surface area (Å²) < 4.78 is 21.4. The molecule has 0 aliphatic carbocycles. The van der Waals surface area contributed by atoms with Crippen LogP contribution in [0, 0.1) is 15.9 Å². The molecule has 1 N–H and O–H groups in total. The molecule has 0 aliphatic rings. The molecule has 10 nitrogen and oxygen atoms in total. The summed E-state index contributed by atoms with van der Waals surface area (Å²) in [6, 6.07) is 15.2. The fourth-order valence-corrected chi connectivity index (χ4v) is 2.89. The van der Waals surface area contributed by atoms with Gasteiger partial charge in [0.15, 0.2) is 24.0 Å². The van der Waals surface area contributed by atoms with Crippen molar-refractivity contribution in [3.05, 3.63) is 100 Å². The summed E-state index contributed by atoms with van der Waals surface area (Å²) in [5.41, 5.74) is 0.836. The minimum absolute atomic E-state index is 0.102. The Bertz CT molecular complexity index is 1250. The summed E-state index contributed by atoms with van der Waals surface area (Å²) in [7, 11) is 0. The predicted molar refractivity (Wildman–Crippen MR) is 112 cm³/mol. The van der Waals surface area contributed by atoms with Crippen LogP contribution in [0.5, 0.6) is 5.75 Å². The predicted octanol–water partition coefficient (Wildman–Crippen LogP) is 3.46. The molecule has 0 saturated heterocycles. The van der Waals surface area contributed by atoms with Crippen molar-refractivity contribution in [2.24, 2.45) is 0 Å². The topological polar surface area (TPSA) is 117 Å². The molecule has 1 amide bonds. The van der Waals surface area contributed by atoms with Crippen LogP contribution in [-0.2, 0) is 13.3 Å². The Labute approximate surface area is 181 Å². The summed E-state index contributed by atoms with van der Waals surface area (Å²) in [4.78, 5) is 23.0. The van der Waals surface area contributed by atoms with Crippen molar-refractivity contribution >= 4 is 17.4 Å². The normalized spacial score (nSPS) is 10.7. The number of nitro groups is 1. The third-order valence-corrected chi connectivity index (χ3v) is 4.43. The molecule has 0 aliphatic heterocycles. The molecule has 0 atom stereocenters. The number of rotatable bonds is 8. The molecular weight excluding hydrogens is 419 g/mol. The molecule has 0 spiro atoms. The number of hydrogen-bond acceptors (Lipinski definition) is 6. The van der Waals surface area contributed by atoms with Gasteiger partial charge in [0.1, 0.15) is 5.82 Å². The molecule has 32 heavy (non-hydrogen) atoms. The van der Waals surface area contributed by atoms with Crippen molar-refractivity contribution in [1.82, 2.24) is 19.6 Å². The quantitative estimate of drug-likeness (QED) is 0.334. The number of carbonyl (C=O) groups excluding carboxylic acids is 1. The van der Waals surface area contributed by atoms with E-state index in [9.17, 15) is 19.3 Å². The van der Waals surface area contributed by atoms with E-state index in [0.717, 1.165) is 5.56 Å². The van der Waals surface area contributed by atoms with E-state index in [2.05, 4.69) is 15.5 Å². The van der Waals surface area contributed by atoms with Crippen molar-refractivity contribution in [2.45, 2.75) is 13.3 Å². The maximum atomic E-state index is 13.0. The number of nitrogens with one attached hydrogen (secondary N) is 1. The lowest BCUT2D eigenvalue weighted by molar-refractivity contribution is -0.386. The van der Waals surface area contributed by atoms with Gasteiger partial charge >= 0.3 is 5.69 Å². The van der Waals surface area contributed by atoms with Crippen LogP contribution in [0.2, 0.25) is 0 Å². The van der Waals surface area contributed by atoms with E-state index < -0.39 is 10.8 Å². The number of ether oxygens (including phenoxy) is 1. The lowest BCUT2D eigenvalue weighted by Crippen LogP contribution is -2.15. The van der Waals surface area contributed by atoms with Gasteiger partial charge in [-0.05, 0) is 29.8 Å². The van der Waals surface area contributed by atoms with Gasteiger partial charge in [0.25, 0.3) is 5.91 Å². The average Bonchev–Trinajstić information content (AvgIpc) is 3.43. The van der Waals surface area contributed by atoms with Crippen LogP contribution in [0.3, 0.4) is 0 Å². The zero-order valence-corrected chi connectivity index (χ0v) is 16.6. The van der Waals surface area contributed by atoms with E-state index in [1.54, 1.807) is 41.2 Å². The van der Waals surface area contributed by atoms with E-state index in [4.69, 9.17) is 4.74 Å². The largest absolute Gasteiger partial charge is 0.464 e. The van der Waals surface area contributed by atoms with Crippen molar-refractivity contribution in [1.29, 1.82) is 0 Å². The highest BCUT2D eigenvalue weighted by molar-refractivity contribution is 6.02. The zero-order valence-electron chi connectivity index (χ0n) is 16.6. The second-order valence-electron chi connectivity index (χ2n) is 6.72. The Morgan fingerprint density at radius 3 is 2.56 bits per heavy atom. The Hall–Kier alpha value is -4.54. The highest BCUT2D eigenvalue weighted by Crippen LogP contribution is 2.26. The van der Waals surface area contributed by atoms with Crippen LogP contribution in [0.15, 0.2) is 73.1 Å². The highest BCUT2D eigenvalue weighted by Gasteiger charge is 2.15. The van der Waals surface area contributed by atoms with Gasteiger partial charge in [-0.3, -0.25) is 19.6 Å². The lowest BCUT2D eigenvalue weighted by atomic mass is 10.2. The van der Waals surface area contributed by atoms with Gasteiger partial charge in [0.2, 0.25) is 0 Å². The second-order valence-corrected chi connectivity index (χ2v) is 6.72. The van der Waals surface area contributed by atoms with Crippen LogP contribution in [-0.4, -0.2) is 30.4 Å². The first-order valence-electron chi connectivity index (χ1n) is 9.47. The number of carbonyl (C=O) groups is 1. The smallest absolute Gasteiger partial charge is 0.311 e. The maximum absolute atomic E-state index is 13.0. The number of nitrogens with zero attached hydrogens (tertiary/aromatic N) is 5. The van der Waals surface area contributed by atoms with Gasteiger partial charge in [-0.15, -0.1) is 0 Å². The molecule has 0 radical (unpaired) electrons. The minimum atomic E-state index is -0.535. The summed E-state index contributed by atoms with van der Waals surface area (Å²) >= 11 is 0. The fraction of sp³-hybridized carbons (Fsp3) is 0.0952. The zero-order chi connectivity index (χ0) is 22.5. The molecule has 2 aromatic carbocycles. The standard InChI is InChI=1S/C21H17FN6O4/c22-16-7-5-15(6-8-16)13-26-12-10-20(25-26)23-21(29)17-9-11-27(24-17)14-32-19-4-2-1-3-18(19)28(30)31/h1-12H,13-14H2,(H,23,25,29). The first-order chi connectivity index (χ1) is 15.5. The molecule has 0 bridgehead atoms. The van der Waals surface area contributed by atoms with Crippen molar-refractivity contribution in [3.8, 4) is 5.75 Å². The van der Waals surface area contributed by atoms with E-state index in [1.165, 1.54) is 41.2 Å². The van der Waals surface area contributed by atoms with Crippen LogP contribution >= 0.6 is 0 Å². The SMILES string of the molecule is O=C(Nc1ccn(Cc2ccc(F)cc2)n1)c1ccn(COc2ccccc2[N+](=O)[O-])n1. The molecule has 2 heterocycles. The van der Waals surface area contributed by atoms with Gasteiger partial charge < -0.3 is 10.1 Å². The molecule has 0 saturated carbocycles. The minimum Gasteiger partial charge on any atom is -0.464 e. The number of benzene rings is 2. The molecule has 11 heteroatoms. The van der Waals surface area contributed by atoms with Crippen molar-refractivity contribution in [2.75, 3.05) is 5.32 Å². The number of para-hydroxylation sites is 2. The maximum Gasteiger partial charge on any atom is 0.311 e. The number of hydrogen-bond donors (Lipinski definition) is 1. The van der Waals surface area contributed by atoms with Gasteiger partial charge in [0, 0.05) is 24.5 Å². The van der Waals surface area contributed by atoms with E-state index >= 15 is 0 Å². The summed E-state index contributed by atoms with van der Waals surface area (Å²) in [5, 5.41) is 22.1. The number of aromatic nitrogens is 4. The van der Waals surface area contributed by atoms with Crippen molar-refractivity contribution < 1.29 is 18.8 Å². The fourth-order valence-electron chi connectivity index (χ4n) is 2.89. The Morgan fingerprint density at radius 1 is 1.03 bits per heavy atom. The lowest BCUT2D eigenvalue weighted by Gasteiger charge is -2.06. The monoisotopic (exact) mass is 436 g/mol. The summed E-state index contributed by atoms with van der Waals surface area (Å²) in [6.45, 7) is 0.318. The van der Waals surface area contributed by atoms with Crippen LogP contribution in [0.4, 0.5) is 15.9 Å². The number of amides is 1. The van der Waals surface area contributed by atoms with Gasteiger partial charge in [-0.25, -0.2) is 9.07 Å². The third-order valence-electron chi connectivity index (χ3n) is 4.43. The first kappa shape index (κ1) is 20.7.